The van der Waals surface area contributed by atoms with Gasteiger partial charge >= 0.3 is 21.6 Å². The second kappa shape index (κ2) is 8.99. The standard InChI is InChI=1S/C16H17F4NO7S2/c1-2-27-14(22)10-3-5-11(6-4-10)15(21-29(23)24)8-7-13(12(17)9-15)28-30(25,26)16(18,19)20/h3-6,21H,2,7-9H2,1H3,(H,23,24)/p-1. The quantitative estimate of drug-likeness (QED) is 0.212. The Bertz CT molecular complexity index is 961. The van der Waals surface area contributed by atoms with Crippen molar-refractivity contribution in [2.45, 2.75) is 37.2 Å². The van der Waals surface area contributed by atoms with Gasteiger partial charge in [0.15, 0.2) is 5.76 Å². The summed E-state index contributed by atoms with van der Waals surface area (Å²) in [6, 6.07) is 5.29. The summed E-state index contributed by atoms with van der Waals surface area (Å²) >= 11 is -2.90. The number of allylic oxidation sites excluding steroid dienone is 1. The molecule has 0 amide bonds. The summed E-state index contributed by atoms with van der Waals surface area (Å²) in [7, 11) is -6.07. The molecule has 0 aromatic heterocycles. The lowest BCUT2D eigenvalue weighted by molar-refractivity contribution is -0.0526. The maximum Gasteiger partial charge on any atom is 0.534 e. The predicted octanol–water partition coefficient (Wildman–Crippen LogP) is 2.67. The van der Waals surface area contributed by atoms with Gasteiger partial charge in [-0.3, -0.25) is 4.21 Å². The van der Waals surface area contributed by atoms with Crippen LogP contribution in [0.4, 0.5) is 17.6 Å². The largest absolute Gasteiger partial charge is 0.760 e. The minimum Gasteiger partial charge on any atom is -0.760 e. The van der Waals surface area contributed by atoms with Crippen molar-refractivity contribution in [3.05, 3.63) is 47.0 Å². The molecule has 0 heterocycles. The van der Waals surface area contributed by atoms with Crippen molar-refractivity contribution < 1.29 is 48.5 Å². The fourth-order valence-electron chi connectivity index (χ4n) is 2.87. The van der Waals surface area contributed by atoms with Gasteiger partial charge in [0.25, 0.3) is 0 Å². The van der Waals surface area contributed by atoms with E-state index >= 15 is 0 Å². The first-order valence-corrected chi connectivity index (χ1v) is 10.8. The molecule has 0 spiro atoms. The molecule has 1 N–H and O–H groups in total. The SMILES string of the molecule is CCOC(=O)c1ccc(C2(NS(=O)[O-])CCC(OS(=O)(=O)C(F)(F)F)=C(F)C2)cc1. The Labute approximate surface area is 171 Å². The van der Waals surface area contributed by atoms with E-state index in [1.807, 2.05) is 0 Å². The number of benzene rings is 1. The number of halogens is 4. The Morgan fingerprint density at radius 3 is 2.37 bits per heavy atom. The molecule has 0 saturated carbocycles. The normalized spacial score (nSPS) is 21.3. The summed E-state index contributed by atoms with van der Waals surface area (Å²) < 4.78 is 108. The predicted molar refractivity (Wildman–Crippen MR) is 94.2 cm³/mol. The van der Waals surface area contributed by atoms with Crippen LogP contribution in [-0.2, 0) is 35.8 Å². The van der Waals surface area contributed by atoms with Gasteiger partial charge in [-0.25, -0.2) is 13.9 Å². The van der Waals surface area contributed by atoms with Crippen molar-refractivity contribution >= 4 is 27.4 Å². The van der Waals surface area contributed by atoms with Crippen molar-refractivity contribution in [1.82, 2.24) is 4.72 Å². The molecule has 8 nitrogen and oxygen atoms in total. The van der Waals surface area contributed by atoms with Crippen molar-refractivity contribution in [2.75, 3.05) is 6.61 Å². The lowest BCUT2D eigenvalue weighted by Gasteiger charge is -2.38. The number of nitrogens with one attached hydrogen (secondary N) is 1. The Morgan fingerprint density at radius 1 is 1.30 bits per heavy atom. The lowest BCUT2D eigenvalue weighted by atomic mass is 9.79. The minimum atomic E-state index is -6.07. The molecule has 1 aliphatic rings. The van der Waals surface area contributed by atoms with Crippen LogP contribution in [0.2, 0.25) is 0 Å². The van der Waals surface area contributed by atoms with E-state index < -0.39 is 62.8 Å². The van der Waals surface area contributed by atoms with E-state index in [2.05, 4.69) is 8.91 Å². The van der Waals surface area contributed by atoms with Crippen LogP contribution in [0.25, 0.3) is 0 Å². The highest BCUT2D eigenvalue weighted by atomic mass is 32.2. The zero-order valence-corrected chi connectivity index (χ0v) is 17.0. The molecule has 0 aliphatic heterocycles. The van der Waals surface area contributed by atoms with Crippen LogP contribution in [0.5, 0.6) is 0 Å². The third kappa shape index (κ3) is 5.36. The molecule has 2 unspecified atom stereocenters. The van der Waals surface area contributed by atoms with Gasteiger partial charge in [0.05, 0.1) is 17.7 Å². The molecule has 14 heteroatoms. The van der Waals surface area contributed by atoms with Crippen molar-refractivity contribution in [1.29, 1.82) is 0 Å². The molecule has 2 atom stereocenters. The van der Waals surface area contributed by atoms with Gasteiger partial charge in [-0.1, -0.05) is 12.1 Å². The zero-order chi connectivity index (χ0) is 22.7. The minimum absolute atomic E-state index is 0.126. The molecule has 0 bridgehead atoms. The van der Waals surface area contributed by atoms with E-state index in [9.17, 15) is 39.5 Å². The smallest absolute Gasteiger partial charge is 0.534 e. The average molecular weight is 474 g/mol. The van der Waals surface area contributed by atoms with Crippen LogP contribution >= 0.6 is 0 Å². The Kier molecular flexibility index (Phi) is 7.27. The molecule has 1 aromatic carbocycles. The maximum atomic E-state index is 14.5. The van der Waals surface area contributed by atoms with Crippen LogP contribution in [-0.4, -0.2) is 35.3 Å². The molecule has 0 fully saturated rings. The summed E-state index contributed by atoms with van der Waals surface area (Å²) in [4.78, 5) is 11.7. The third-order valence-corrected chi connectivity index (χ3v) is 5.80. The summed E-state index contributed by atoms with van der Waals surface area (Å²) in [5.74, 6) is -3.05. The molecular formula is C16H16F4NO7S2-. The van der Waals surface area contributed by atoms with Crippen LogP contribution < -0.4 is 4.72 Å². The van der Waals surface area contributed by atoms with Crippen LogP contribution in [0.15, 0.2) is 35.9 Å². The number of rotatable bonds is 7. The van der Waals surface area contributed by atoms with Gasteiger partial charge in [-0.15, -0.1) is 0 Å². The first-order valence-electron chi connectivity index (χ1n) is 8.34. The molecular weight excluding hydrogens is 458 g/mol. The van der Waals surface area contributed by atoms with Crippen molar-refractivity contribution in [2.24, 2.45) is 0 Å². The van der Waals surface area contributed by atoms with E-state index in [1.165, 1.54) is 24.3 Å². The summed E-state index contributed by atoms with van der Waals surface area (Å²) in [6.45, 7) is 1.73. The fraction of sp³-hybridized carbons (Fsp3) is 0.438. The average Bonchev–Trinajstić information content (AvgIpc) is 2.63. The molecule has 1 aromatic rings. The van der Waals surface area contributed by atoms with Crippen molar-refractivity contribution in [3.63, 3.8) is 0 Å². The van der Waals surface area contributed by atoms with Crippen LogP contribution in [0, 0.1) is 0 Å². The van der Waals surface area contributed by atoms with E-state index in [4.69, 9.17) is 4.74 Å². The third-order valence-electron chi connectivity index (χ3n) is 4.26. The first kappa shape index (κ1) is 24.2. The number of carbonyl (C=O) groups excluding carboxylic acids is 1. The number of esters is 1. The van der Waals surface area contributed by atoms with E-state index in [-0.39, 0.29) is 24.2 Å². The highest BCUT2D eigenvalue weighted by Gasteiger charge is 2.50. The maximum absolute atomic E-state index is 14.5. The van der Waals surface area contributed by atoms with E-state index in [0.717, 1.165) is 0 Å². The van der Waals surface area contributed by atoms with Crippen LogP contribution in [0.1, 0.15) is 42.1 Å². The van der Waals surface area contributed by atoms with Gasteiger partial charge in [-0.2, -0.15) is 21.6 Å². The fourth-order valence-corrected chi connectivity index (χ4v) is 4.02. The van der Waals surface area contributed by atoms with Gasteiger partial charge in [0.1, 0.15) is 5.83 Å². The number of hydrogen-bond donors (Lipinski definition) is 1. The molecule has 0 radical (unpaired) electrons. The second-order valence-corrected chi connectivity index (χ2v) is 8.42. The van der Waals surface area contributed by atoms with Crippen molar-refractivity contribution in [3.8, 4) is 0 Å². The van der Waals surface area contributed by atoms with Gasteiger partial charge in [0.2, 0.25) is 0 Å². The summed E-state index contributed by atoms with van der Waals surface area (Å²) in [6.07, 6.45) is -1.75. The molecule has 30 heavy (non-hydrogen) atoms. The zero-order valence-electron chi connectivity index (χ0n) is 15.3. The number of alkyl halides is 3. The Balaban J connectivity index is 2.37. The van der Waals surface area contributed by atoms with E-state index in [1.54, 1.807) is 6.92 Å². The molecule has 1 aliphatic carbocycles. The summed E-state index contributed by atoms with van der Waals surface area (Å²) in [5, 5.41) is 0. The van der Waals surface area contributed by atoms with Gasteiger partial charge in [0, 0.05) is 24.1 Å². The molecule has 2 rings (SSSR count). The van der Waals surface area contributed by atoms with Gasteiger partial charge < -0.3 is 13.5 Å². The van der Waals surface area contributed by atoms with Gasteiger partial charge in [-0.05, 0) is 31.0 Å². The first-order chi connectivity index (χ1) is 13.8. The van der Waals surface area contributed by atoms with E-state index in [0.29, 0.717) is 0 Å². The topological polar surface area (TPSA) is 122 Å². The Morgan fingerprint density at radius 2 is 1.90 bits per heavy atom. The highest BCUT2D eigenvalue weighted by molar-refractivity contribution is 7.87. The summed E-state index contributed by atoms with van der Waals surface area (Å²) in [5.41, 5.74) is -7.02. The lowest BCUT2D eigenvalue weighted by Crippen LogP contribution is -2.45. The number of ether oxygens (including phenoxy) is 1. The molecule has 0 saturated heterocycles. The number of hydrogen-bond acceptors (Lipinski definition) is 7. The Hall–Kier alpha value is -2.03. The molecule has 168 valence electrons. The second-order valence-electron chi connectivity index (χ2n) is 6.20. The van der Waals surface area contributed by atoms with Crippen LogP contribution in [0.3, 0.4) is 0 Å². The number of carbonyl (C=O) groups is 1. The monoisotopic (exact) mass is 474 g/mol. The highest BCUT2D eigenvalue weighted by Crippen LogP contribution is 2.42.